The van der Waals surface area contributed by atoms with Crippen molar-refractivity contribution < 1.29 is 13.2 Å². The van der Waals surface area contributed by atoms with E-state index in [1.807, 2.05) is 29.8 Å². The van der Waals surface area contributed by atoms with Gasteiger partial charge in [-0.05, 0) is 50.8 Å². The SMILES string of the molecule is CN(Cc1ccccn1)Cc1cnc(S(=O)(=O)CC2CC2)n1CC1CCCO1. The van der Waals surface area contributed by atoms with E-state index in [0.29, 0.717) is 25.6 Å². The Morgan fingerprint density at radius 1 is 1.21 bits per heavy atom. The fraction of sp³-hybridized carbons (Fsp3) is 0.600. The molecule has 0 N–H and O–H groups in total. The van der Waals surface area contributed by atoms with Crippen LogP contribution in [0.2, 0.25) is 0 Å². The Kier molecular flexibility index (Phi) is 5.80. The molecule has 1 unspecified atom stereocenters. The second-order valence-electron chi connectivity index (χ2n) is 8.00. The summed E-state index contributed by atoms with van der Waals surface area (Å²) >= 11 is 0. The number of hydrogen-bond donors (Lipinski definition) is 0. The van der Waals surface area contributed by atoms with Crippen molar-refractivity contribution in [3.05, 3.63) is 42.0 Å². The van der Waals surface area contributed by atoms with Gasteiger partial charge >= 0.3 is 0 Å². The van der Waals surface area contributed by atoms with Crippen molar-refractivity contribution in [2.24, 2.45) is 5.92 Å². The smallest absolute Gasteiger partial charge is 0.227 e. The van der Waals surface area contributed by atoms with Gasteiger partial charge in [0.1, 0.15) is 0 Å². The lowest BCUT2D eigenvalue weighted by Crippen LogP contribution is -2.25. The van der Waals surface area contributed by atoms with Gasteiger partial charge in [0.25, 0.3) is 0 Å². The first-order valence-electron chi connectivity index (χ1n) is 9.98. The summed E-state index contributed by atoms with van der Waals surface area (Å²) < 4.78 is 33.5. The van der Waals surface area contributed by atoms with Crippen molar-refractivity contribution in [3.8, 4) is 0 Å². The molecule has 0 radical (unpaired) electrons. The molecule has 1 atom stereocenters. The van der Waals surface area contributed by atoms with Crippen LogP contribution in [0.5, 0.6) is 0 Å². The average molecular weight is 405 g/mol. The van der Waals surface area contributed by atoms with Crippen molar-refractivity contribution in [2.75, 3.05) is 19.4 Å². The van der Waals surface area contributed by atoms with E-state index >= 15 is 0 Å². The largest absolute Gasteiger partial charge is 0.376 e. The topological polar surface area (TPSA) is 77.3 Å². The first-order valence-corrected chi connectivity index (χ1v) is 11.6. The van der Waals surface area contributed by atoms with E-state index in [-0.39, 0.29) is 17.0 Å². The molecule has 28 heavy (non-hydrogen) atoms. The van der Waals surface area contributed by atoms with E-state index in [0.717, 1.165) is 43.7 Å². The monoisotopic (exact) mass is 404 g/mol. The summed E-state index contributed by atoms with van der Waals surface area (Å²) in [7, 11) is -1.37. The standard InChI is InChI=1S/C20H28N4O3S/c1-23(12-17-5-2-3-9-21-17)13-18-11-22-20(28(25,26)15-16-7-8-16)24(18)14-19-6-4-10-27-19/h2-3,5,9,11,16,19H,4,6-8,10,12-15H2,1H3. The predicted octanol–water partition coefficient (Wildman–Crippen LogP) is 2.27. The minimum atomic E-state index is -3.38. The summed E-state index contributed by atoms with van der Waals surface area (Å²) in [6, 6.07) is 5.86. The summed E-state index contributed by atoms with van der Waals surface area (Å²) in [6.45, 7) is 2.59. The first kappa shape index (κ1) is 19.5. The molecule has 0 spiro atoms. The fourth-order valence-electron chi connectivity index (χ4n) is 3.72. The zero-order valence-electron chi connectivity index (χ0n) is 16.3. The lowest BCUT2D eigenvalue weighted by atomic mass is 10.2. The quantitative estimate of drug-likeness (QED) is 0.638. The summed E-state index contributed by atoms with van der Waals surface area (Å²) in [5, 5.41) is 0.205. The minimum Gasteiger partial charge on any atom is -0.376 e. The summed E-state index contributed by atoms with van der Waals surface area (Å²) in [5.41, 5.74) is 1.89. The highest BCUT2D eigenvalue weighted by Gasteiger charge is 2.33. The Balaban J connectivity index is 1.55. The zero-order chi connectivity index (χ0) is 19.6. The second kappa shape index (κ2) is 8.31. The normalized spacial score (nSPS) is 20.1. The third-order valence-corrected chi connectivity index (χ3v) is 7.12. The minimum absolute atomic E-state index is 0.0592. The highest BCUT2D eigenvalue weighted by atomic mass is 32.2. The van der Waals surface area contributed by atoms with Crippen LogP contribution >= 0.6 is 0 Å². The molecule has 0 amide bonds. The van der Waals surface area contributed by atoms with Crippen LogP contribution in [0.4, 0.5) is 0 Å². The molecule has 7 nitrogen and oxygen atoms in total. The van der Waals surface area contributed by atoms with Crippen LogP contribution in [0.25, 0.3) is 0 Å². The predicted molar refractivity (Wildman–Crippen MR) is 105 cm³/mol. The summed E-state index contributed by atoms with van der Waals surface area (Å²) in [4.78, 5) is 10.8. The Morgan fingerprint density at radius 2 is 2.07 bits per heavy atom. The molecule has 2 fully saturated rings. The molecule has 1 saturated heterocycles. The van der Waals surface area contributed by atoms with Crippen LogP contribution in [0.1, 0.15) is 37.1 Å². The number of sulfone groups is 1. The van der Waals surface area contributed by atoms with Gasteiger partial charge in [0, 0.05) is 25.9 Å². The molecule has 1 aliphatic heterocycles. The van der Waals surface area contributed by atoms with Crippen molar-refractivity contribution in [3.63, 3.8) is 0 Å². The third-order valence-electron chi connectivity index (χ3n) is 5.33. The van der Waals surface area contributed by atoms with Gasteiger partial charge in [-0.3, -0.25) is 9.88 Å². The maximum atomic E-state index is 12.9. The molecule has 4 rings (SSSR count). The highest BCUT2D eigenvalue weighted by molar-refractivity contribution is 7.91. The van der Waals surface area contributed by atoms with Gasteiger partial charge in [0.2, 0.25) is 15.0 Å². The average Bonchev–Trinajstić information content (AvgIpc) is 3.15. The van der Waals surface area contributed by atoms with E-state index in [1.54, 1.807) is 12.4 Å². The van der Waals surface area contributed by atoms with Crippen LogP contribution in [-0.2, 0) is 34.2 Å². The van der Waals surface area contributed by atoms with Gasteiger partial charge in [0.15, 0.2) is 0 Å². The van der Waals surface area contributed by atoms with E-state index < -0.39 is 9.84 Å². The van der Waals surface area contributed by atoms with Crippen LogP contribution in [0.15, 0.2) is 35.7 Å². The van der Waals surface area contributed by atoms with E-state index in [1.165, 1.54) is 0 Å². The number of pyridine rings is 1. The van der Waals surface area contributed by atoms with Gasteiger partial charge in [0.05, 0.1) is 36.0 Å². The molecule has 1 aliphatic carbocycles. The van der Waals surface area contributed by atoms with Crippen LogP contribution < -0.4 is 0 Å². The van der Waals surface area contributed by atoms with Crippen LogP contribution in [-0.4, -0.2) is 53.4 Å². The van der Waals surface area contributed by atoms with Crippen molar-refractivity contribution in [1.82, 2.24) is 19.4 Å². The molecular formula is C20H28N4O3S. The molecule has 0 bridgehead atoms. The summed E-state index contributed by atoms with van der Waals surface area (Å²) in [5.74, 6) is 0.506. The van der Waals surface area contributed by atoms with Crippen molar-refractivity contribution in [2.45, 2.75) is 56.6 Å². The molecule has 2 aliphatic rings. The molecule has 152 valence electrons. The van der Waals surface area contributed by atoms with Crippen molar-refractivity contribution in [1.29, 1.82) is 0 Å². The van der Waals surface area contributed by atoms with E-state index in [9.17, 15) is 8.42 Å². The Labute approximate surface area is 166 Å². The highest BCUT2D eigenvalue weighted by Crippen LogP contribution is 2.32. The molecule has 1 saturated carbocycles. The van der Waals surface area contributed by atoms with Gasteiger partial charge in [-0.1, -0.05) is 6.07 Å². The van der Waals surface area contributed by atoms with E-state index in [2.05, 4.69) is 14.9 Å². The maximum absolute atomic E-state index is 12.9. The number of hydrogen-bond acceptors (Lipinski definition) is 6. The molecule has 0 aromatic carbocycles. The molecule has 3 heterocycles. The second-order valence-corrected chi connectivity index (χ2v) is 9.92. The summed E-state index contributed by atoms with van der Waals surface area (Å²) in [6.07, 6.45) is 7.55. The maximum Gasteiger partial charge on any atom is 0.227 e. The zero-order valence-corrected chi connectivity index (χ0v) is 17.1. The van der Waals surface area contributed by atoms with Gasteiger partial charge in [-0.25, -0.2) is 13.4 Å². The molecule has 2 aromatic rings. The number of imidazole rings is 1. The lowest BCUT2D eigenvalue weighted by molar-refractivity contribution is 0.0934. The number of ether oxygens (including phenoxy) is 1. The Hall–Kier alpha value is -1.77. The molecule has 2 aromatic heterocycles. The Bertz CT molecular complexity index is 887. The van der Waals surface area contributed by atoms with Gasteiger partial charge < -0.3 is 9.30 Å². The third kappa shape index (κ3) is 4.79. The lowest BCUT2D eigenvalue weighted by Gasteiger charge is -2.20. The fourth-order valence-corrected chi connectivity index (χ4v) is 5.57. The van der Waals surface area contributed by atoms with Crippen LogP contribution in [0, 0.1) is 5.92 Å². The van der Waals surface area contributed by atoms with Gasteiger partial charge in [-0.2, -0.15) is 0 Å². The first-order chi connectivity index (χ1) is 13.5. The number of rotatable bonds is 9. The van der Waals surface area contributed by atoms with Crippen molar-refractivity contribution >= 4 is 9.84 Å². The Morgan fingerprint density at radius 3 is 2.75 bits per heavy atom. The van der Waals surface area contributed by atoms with E-state index in [4.69, 9.17) is 4.74 Å². The number of aromatic nitrogens is 3. The molecular weight excluding hydrogens is 376 g/mol. The van der Waals surface area contributed by atoms with Gasteiger partial charge in [-0.15, -0.1) is 0 Å². The van der Waals surface area contributed by atoms with Crippen LogP contribution in [0.3, 0.4) is 0 Å². The molecule has 8 heteroatoms. The number of nitrogens with zero attached hydrogens (tertiary/aromatic N) is 4.